The number of carbonyl (C=O) groups is 1. The molecule has 0 aliphatic carbocycles. The van der Waals surface area contributed by atoms with Crippen LogP contribution in [-0.4, -0.2) is 30.0 Å². The third-order valence-electron chi connectivity index (χ3n) is 6.59. The van der Waals surface area contributed by atoms with Crippen LogP contribution in [0.25, 0.3) is 0 Å². The van der Waals surface area contributed by atoms with E-state index >= 15 is 0 Å². The van der Waals surface area contributed by atoms with E-state index in [0.29, 0.717) is 6.54 Å². The number of hydrazine groups is 1. The quantitative estimate of drug-likeness (QED) is 0.222. The first kappa shape index (κ1) is 24.0. The Balaban J connectivity index is 1.61. The van der Waals surface area contributed by atoms with Crippen LogP contribution in [0.3, 0.4) is 0 Å². The van der Waals surface area contributed by atoms with Gasteiger partial charge in [0, 0.05) is 29.9 Å². The van der Waals surface area contributed by atoms with E-state index in [4.69, 9.17) is 0 Å². The van der Waals surface area contributed by atoms with Crippen molar-refractivity contribution in [3.05, 3.63) is 122 Å². The van der Waals surface area contributed by atoms with Crippen LogP contribution in [0.4, 0.5) is 5.69 Å². The zero-order chi connectivity index (χ0) is 24.4. The number of nitrogens with zero attached hydrogens (tertiary/aromatic N) is 3. The smallest absolute Gasteiger partial charge is 0.269 e. The average molecular weight is 594 g/mol. The van der Waals surface area contributed by atoms with Gasteiger partial charge < -0.3 is 4.90 Å². The number of rotatable bonds is 6. The Kier molecular flexibility index (Phi) is 7.22. The van der Waals surface area contributed by atoms with E-state index in [1.165, 1.54) is 16.8 Å². The summed E-state index contributed by atoms with van der Waals surface area (Å²) in [5.41, 5.74) is 5.52. The lowest BCUT2D eigenvalue weighted by molar-refractivity contribution is -0.0185. The van der Waals surface area contributed by atoms with E-state index in [1.807, 2.05) is 35.3 Å². The highest BCUT2D eigenvalue weighted by Gasteiger charge is 2.44. The van der Waals surface area contributed by atoms with Gasteiger partial charge in [-0.1, -0.05) is 54.6 Å². The van der Waals surface area contributed by atoms with Crippen LogP contribution < -0.4 is 4.90 Å². The lowest BCUT2D eigenvalue weighted by Crippen LogP contribution is -2.43. The molecule has 0 saturated carbocycles. The number of carbonyl (C=O) groups excluding carboxylic acids is 1. The molecule has 0 spiro atoms. The van der Waals surface area contributed by atoms with Crippen LogP contribution in [0.15, 0.2) is 95.7 Å². The molecule has 1 amide bonds. The summed E-state index contributed by atoms with van der Waals surface area (Å²) >= 11 is 3.97. The highest BCUT2D eigenvalue weighted by atomic mass is 127. The van der Waals surface area contributed by atoms with Gasteiger partial charge >= 0.3 is 0 Å². The number of amides is 1. The molecule has 0 radical (unpaired) electrons. The number of anilines is 1. The van der Waals surface area contributed by atoms with Crippen molar-refractivity contribution in [2.24, 2.45) is 0 Å². The second-order valence-corrected chi connectivity index (χ2v) is 11.0. The van der Waals surface area contributed by atoms with Crippen LogP contribution >= 0.6 is 33.9 Å². The monoisotopic (exact) mass is 593 g/mol. The molecule has 2 heterocycles. The first-order chi connectivity index (χ1) is 17.0. The summed E-state index contributed by atoms with van der Waals surface area (Å²) in [6.07, 6.45) is 0.838. The molecule has 3 aromatic carbocycles. The summed E-state index contributed by atoms with van der Waals surface area (Å²) in [7, 11) is 4.11. The summed E-state index contributed by atoms with van der Waals surface area (Å²) in [4.78, 5) is 16.3. The van der Waals surface area contributed by atoms with E-state index in [9.17, 15) is 4.79 Å². The first-order valence-corrected chi connectivity index (χ1v) is 13.7. The van der Waals surface area contributed by atoms with Gasteiger partial charge in [-0.25, -0.2) is 5.01 Å². The molecule has 1 aliphatic heterocycles. The van der Waals surface area contributed by atoms with Crippen LogP contribution in [-0.2, 0) is 6.54 Å². The van der Waals surface area contributed by atoms with E-state index in [1.54, 1.807) is 11.3 Å². The minimum absolute atomic E-state index is 0.0446. The third kappa shape index (κ3) is 5.01. The molecular weight excluding hydrogens is 565 g/mol. The van der Waals surface area contributed by atoms with Gasteiger partial charge in [0.1, 0.15) is 0 Å². The Labute approximate surface area is 224 Å². The van der Waals surface area contributed by atoms with Gasteiger partial charge in [0.25, 0.3) is 5.91 Å². The van der Waals surface area contributed by atoms with Crippen LogP contribution in [0.5, 0.6) is 0 Å². The maximum Gasteiger partial charge on any atom is 0.269 e. The molecule has 1 fully saturated rings. The molecular formula is C29H28IN3OS. The Morgan fingerprint density at radius 1 is 0.914 bits per heavy atom. The fourth-order valence-electron chi connectivity index (χ4n) is 4.79. The Hall–Kier alpha value is -2.68. The molecule has 2 atom stereocenters. The fraction of sp³-hybridized carbons (Fsp3) is 0.207. The lowest BCUT2D eigenvalue weighted by Gasteiger charge is -2.35. The number of hydrogen-bond donors (Lipinski definition) is 0. The van der Waals surface area contributed by atoms with Gasteiger partial charge in [0.05, 0.1) is 17.6 Å². The van der Waals surface area contributed by atoms with Crippen molar-refractivity contribution >= 4 is 45.5 Å². The van der Waals surface area contributed by atoms with Gasteiger partial charge in [0.2, 0.25) is 0 Å². The highest BCUT2D eigenvalue weighted by molar-refractivity contribution is 14.1. The van der Waals surface area contributed by atoms with Gasteiger partial charge in [0.15, 0.2) is 0 Å². The molecule has 0 unspecified atom stereocenters. The first-order valence-electron chi connectivity index (χ1n) is 11.7. The van der Waals surface area contributed by atoms with Gasteiger partial charge in [-0.2, -0.15) is 11.3 Å². The molecule has 1 saturated heterocycles. The molecule has 35 heavy (non-hydrogen) atoms. The van der Waals surface area contributed by atoms with Crippen molar-refractivity contribution in [2.45, 2.75) is 25.0 Å². The van der Waals surface area contributed by atoms with Crippen molar-refractivity contribution in [3.8, 4) is 0 Å². The van der Waals surface area contributed by atoms with Crippen LogP contribution in [0.2, 0.25) is 0 Å². The molecule has 6 heteroatoms. The Morgan fingerprint density at radius 3 is 2.26 bits per heavy atom. The zero-order valence-electron chi connectivity index (χ0n) is 19.8. The molecule has 0 bridgehead atoms. The fourth-order valence-corrected chi connectivity index (χ4v) is 6.07. The normalized spacial score (nSPS) is 18.1. The maximum absolute atomic E-state index is 14.2. The standard InChI is InChI=1S/C29H28IN3OS/c1-31(2)24-14-12-23(13-15-24)27-18-28(22-8-4-3-5-9-22)33(32(27)19-21-16-17-35-20-21)29(34)25-10-6-7-11-26(25)30/h3-17,20,27-28H,18-19H2,1-2H3/t27-,28+/m1/s1. The predicted octanol–water partition coefficient (Wildman–Crippen LogP) is 7.16. The van der Waals surface area contributed by atoms with E-state index < -0.39 is 0 Å². The minimum atomic E-state index is -0.0446. The van der Waals surface area contributed by atoms with Crippen molar-refractivity contribution in [3.63, 3.8) is 0 Å². The molecule has 4 aromatic rings. The minimum Gasteiger partial charge on any atom is -0.378 e. The zero-order valence-corrected chi connectivity index (χ0v) is 22.8. The second kappa shape index (κ2) is 10.5. The summed E-state index contributed by atoms with van der Waals surface area (Å²) < 4.78 is 0.969. The van der Waals surface area contributed by atoms with E-state index in [-0.39, 0.29) is 18.0 Å². The predicted molar refractivity (Wildman–Crippen MR) is 153 cm³/mol. The largest absolute Gasteiger partial charge is 0.378 e. The summed E-state index contributed by atoms with van der Waals surface area (Å²) in [6.45, 7) is 0.683. The summed E-state index contributed by atoms with van der Waals surface area (Å²) in [6, 6.07) is 29.3. The van der Waals surface area contributed by atoms with Crippen molar-refractivity contribution in [1.29, 1.82) is 0 Å². The van der Waals surface area contributed by atoms with Crippen molar-refractivity contribution < 1.29 is 4.79 Å². The number of halogens is 1. The number of thiophene rings is 1. The molecule has 1 aliphatic rings. The highest BCUT2D eigenvalue weighted by Crippen LogP contribution is 2.46. The molecule has 4 nitrogen and oxygen atoms in total. The SMILES string of the molecule is CN(C)c1ccc([C@H]2C[C@@H](c3ccccc3)N(C(=O)c3ccccc3I)N2Cc2ccsc2)cc1. The molecule has 0 N–H and O–H groups in total. The number of benzene rings is 3. The number of hydrogen-bond acceptors (Lipinski definition) is 4. The average Bonchev–Trinajstić information content (AvgIpc) is 3.53. The Bertz CT molecular complexity index is 1280. The van der Waals surface area contributed by atoms with Crippen molar-refractivity contribution in [1.82, 2.24) is 10.0 Å². The topological polar surface area (TPSA) is 26.8 Å². The second-order valence-electron chi connectivity index (χ2n) is 9.02. The van der Waals surface area contributed by atoms with Gasteiger partial charge in [-0.3, -0.25) is 9.80 Å². The van der Waals surface area contributed by atoms with Crippen LogP contribution in [0, 0.1) is 3.57 Å². The summed E-state index contributed by atoms with van der Waals surface area (Å²) in [5.74, 6) is 0.0477. The van der Waals surface area contributed by atoms with E-state index in [2.05, 4.69) is 112 Å². The van der Waals surface area contributed by atoms with Crippen LogP contribution in [0.1, 0.15) is 45.6 Å². The molecule has 178 valence electrons. The van der Waals surface area contributed by atoms with E-state index in [0.717, 1.165) is 21.1 Å². The molecule has 1 aromatic heterocycles. The van der Waals surface area contributed by atoms with Crippen molar-refractivity contribution in [2.75, 3.05) is 19.0 Å². The van der Waals surface area contributed by atoms with Gasteiger partial charge in [-0.15, -0.1) is 0 Å². The maximum atomic E-state index is 14.2. The third-order valence-corrected chi connectivity index (χ3v) is 8.27. The lowest BCUT2D eigenvalue weighted by atomic mass is 9.96. The van der Waals surface area contributed by atoms with Gasteiger partial charge in [-0.05, 0) is 86.8 Å². The summed E-state index contributed by atoms with van der Waals surface area (Å²) in [5, 5.41) is 8.59. The Morgan fingerprint density at radius 2 is 1.60 bits per heavy atom. The molecule has 5 rings (SSSR count).